The standard InChI is InChI=1S/C21H35N5O4/c1-7-10-23-18(22)16-13-26(24-17(16)19(27)29-14(2)3)15-9-8-11-25(12-15)20(28)30-21(4,5)6/h10,14-15,22,24H,7-9,11-13H2,1-6H3/t15-/m1/s1. The predicted octanol–water partition coefficient (Wildman–Crippen LogP) is 2.87. The zero-order valence-electron chi connectivity index (χ0n) is 18.9. The molecule has 0 bridgehead atoms. The molecule has 0 aromatic heterocycles. The van der Waals surface area contributed by atoms with Gasteiger partial charge in [-0.25, -0.2) is 19.6 Å². The van der Waals surface area contributed by atoms with Gasteiger partial charge in [0.2, 0.25) is 0 Å². The molecule has 1 atom stereocenters. The topological polar surface area (TPSA) is 107 Å². The maximum atomic E-state index is 12.6. The van der Waals surface area contributed by atoms with Gasteiger partial charge in [-0.15, -0.1) is 0 Å². The average molecular weight is 422 g/mol. The second kappa shape index (κ2) is 10.1. The number of hydrogen-bond donors (Lipinski definition) is 2. The first-order valence-electron chi connectivity index (χ1n) is 10.6. The molecule has 2 rings (SSSR count). The van der Waals surface area contributed by atoms with E-state index in [4.69, 9.17) is 14.9 Å². The smallest absolute Gasteiger partial charge is 0.410 e. The highest BCUT2D eigenvalue weighted by atomic mass is 16.6. The number of carbonyl (C=O) groups excluding carboxylic acids is 2. The number of carbonyl (C=O) groups is 2. The minimum absolute atomic E-state index is 0.0198. The third-order valence-electron chi connectivity index (χ3n) is 4.61. The van der Waals surface area contributed by atoms with Crippen LogP contribution in [0, 0.1) is 5.41 Å². The van der Waals surface area contributed by atoms with E-state index < -0.39 is 11.6 Å². The largest absolute Gasteiger partial charge is 0.458 e. The zero-order chi connectivity index (χ0) is 22.5. The Balaban J connectivity index is 2.13. The van der Waals surface area contributed by atoms with E-state index in [1.165, 1.54) is 0 Å². The van der Waals surface area contributed by atoms with Crippen LogP contribution in [0.2, 0.25) is 0 Å². The summed E-state index contributed by atoms with van der Waals surface area (Å²) in [6, 6.07) is -0.0198. The van der Waals surface area contributed by atoms with Gasteiger partial charge in [-0.05, 0) is 53.9 Å². The number of amidine groups is 1. The molecule has 0 aliphatic carbocycles. The first-order valence-corrected chi connectivity index (χ1v) is 10.6. The first-order chi connectivity index (χ1) is 14.0. The molecule has 1 amide bonds. The van der Waals surface area contributed by atoms with E-state index in [0.717, 1.165) is 12.8 Å². The number of hydrogen-bond acceptors (Lipinski definition) is 7. The van der Waals surface area contributed by atoms with Crippen LogP contribution in [0.3, 0.4) is 0 Å². The average Bonchev–Trinajstić information content (AvgIpc) is 3.10. The lowest BCUT2D eigenvalue weighted by atomic mass is 10.1. The third kappa shape index (κ3) is 6.55. The Kier molecular flexibility index (Phi) is 8.00. The van der Waals surface area contributed by atoms with Crippen LogP contribution in [-0.4, -0.2) is 71.4 Å². The number of piperidine rings is 1. The van der Waals surface area contributed by atoms with Crippen LogP contribution in [-0.2, 0) is 14.3 Å². The lowest BCUT2D eigenvalue weighted by Crippen LogP contribution is -2.53. The highest BCUT2D eigenvalue weighted by molar-refractivity contribution is 6.07. The van der Waals surface area contributed by atoms with Crippen molar-refractivity contribution in [3.8, 4) is 0 Å². The van der Waals surface area contributed by atoms with Crippen molar-refractivity contribution in [3.63, 3.8) is 0 Å². The molecule has 9 nitrogen and oxygen atoms in total. The maximum absolute atomic E-state index is 12.6. The predicted molar refractivity (Wildman–Crippen MR) is 115 cm³/mol. The van der Waals surface area contributed by atoms with Crippen LogP contribution in [0.15, 0.2) is 16.3 Å². The Hall–Kier alpha value is -2.42. The number of hydrazine groups is 1. The molecule has 2 heterocycles. The molecule has 0 radical (unpaired) electrons. The second-order valence-corrected chi connectivity index (χ2v) is 8.84. The number of nitrogens with zero attached hydrogens (tertiary/aromatic N) is 3. The van der Waals surface area contributed by atoms with Crippen molar-refractivity contribution in [2.75, 3.05) is 19.6 Å². The first kappa shape index (κ1) is 23.9. The van der Waals surface area contributed by atoms with Crippen molar-refractivity contribution < 1.29 is 19.1 Å². The summed E-state index contributed by atoms with van der Waals surface area (Å²) in [5.41, 5.74) is 3.32. The summed E-state index contributed by atoms with van der Waals surface area (Å²) in [5, 5.41) is 10.2. The lowest BCUT2D eigenvalue weighted by molar-refractivity contribution is -0.143. The Morgan fingerprint density at radius 2 is 2.07 bits per heavy atom. The molecule has 0 aromatic carbocycles. The summed E-state index contributed by atoms with van der Waals surface area (Å²) in [6.07, 6.45) is 3.43. The second-order valence-electron chi connectivity index (χ2n) is 8.84. The lowest BCUT2D eigenvalue weighted by Gasteiger charge is -2.38. The van der Waals surface area contributed by atoms with Crippen LogP contribution < -0.4 is 5.43 Å². The van der Waals surface area contributed by atoms with E-state index in [1.54, 1.807) is 25.0 Å². The van der Waals surface area contributed by atoms with Crippen LogP contribution in [0.1, 0.15) is 60.8 Å². The Labute approximate surface area is 179 Å². The van der Waals surface area contributed by atoms with Gasteiger partial charge in [0.25, 0.3) is 0 Å². The van der Waals surface area contributed by atoms with Crippen molar-refractivity contribution in [2.24, 2.45) is 4.99 Å². The summed E-state index contributed by atoms with van der Waals surface area (Å²) in [6.45, 7) is 12.5. The minimum atomic E-state index is -0.551. The minimum Gasteiger partial charge on any atom is -0.458 e. The van der Waals surface area contributed by atoms with Crippen molar-refractivity contribution in [3.05, 3.63) is 11.3 Å². The SMILES string of the molecule is CCC=NC(=N)C1=C(C(=O)OC(C)C)NN([C@@H]2CCCN(C(=O)OC(C)(C)C)C2)C1. The molecule has 168 valence electrons. The molecule has 2 aliphatic rings. The van der Waals surface area contributed by atoms with E-state index in [2.05, 4.69) is 10.4 Å². The molecule has 30 heavy (non-hydrogen) atoms. The molecular weight excluding hydrogens is 386 g/mol. The Morgan fingerprint density at radius 1 is 1.37 bits per heavy atom. The molecule has 0 aromatic rings. The summed E-state index contributed by atoms with van der Waals surface area (Å²) >= 11 is 0. The number of amides is 1. The number of aliphatic imine (C=N–C) groups is 1. The van der Waals surface area contributed by atoms with Gasteiger partial charge in [0, 0.05) is 37.5 Å². The zero-order valence-corrected chi connectivity index (χ0v) is 18.9. The molecule has 1 fully saturated rings. The van der Waals surface area contributed by atoms with Gasteiger partial charge in [-0.3, -0.25) is 5.41 Å². The number of ether oxygens (including phenoxy) is 2. The normalized spacial score (nSPS) is 20.6. The Morgan fingerprint density at radius 3 is 2.67 bits per heavy atom. The fourth-order valence-corrected chi connectivity index (χ4v) is 3.32. The van der Waals surface area contributed by atoms with Gasteiger partial charge in [0.1, 0.15) is 11.3 Å². The van der Waals surface area contributed by atoms with E-state index in [1.807, 2.05) is 32.7 Å². The Bertz CT molecular complexity index is 723. The fourth-order valence-electron chi connectivity index (χ4n) is 3.32. The third-order valence-corrected chi connectivity index (χ3v) is 4.61. The van der Waals surface area contributed by atoms with Crippen molar-refractivity contribution in [1.29, 1.82) is 5.41 Å². The van der Waals surface area contributed by atoms with Crippen molar-refractivity contribution >= 4 is 24.1 Å². The molecular formula is C21H35N5O4. The van der Waals surface area contributed by atoms with E-state index >= 15 is 0 Å². The molecule has 2 aliphatic heterocycles. The summed E-state index contributed by atoms with van der Waals surface area (Å²) in [4.78, 5) is 30.9. The number of esters is 1. The number of rotatable bonds is 5. The van der Waals surface area contributed by atoms with E-state index in [-0.39, 0.29) is 29.8 Å². The fraction of sp³-hybridized carbons (Fsp3) is 0.714. The van der Waals surface area contributed by atoms with E-state index in [9.17, 15) is 9.59 Å². The van der Waals surface area contributed by atoms with E-state index in [0.29, 0.717) is 31.6 Å². The molecule has 0 spiro atoms. The highest BCUT2D eigenvalue weighted by Crippen LogP contribution is 2.24. The van der Waals surface area contributed by atoms with Crippen molar-refractivity contribution in [2.45, 2.75) is 78.6 Å². The molecule has 2 N–H and O–H groups in total. The quantitative estimate of drug-likeness (QED) is 0.402. The summed E-state index contributed by atoms with van der Waals surface area (Å²) in [5.74, 6) is -0.457. The van der Waals surface area contributed by atoms with Gasteiger partial charge in [-0.2, -0.15) is 0 Å². The molecule has 1 saturated heterocycles. The van der Waals surface area contributed by atoms with Crippen LogP contribution in [0.5, 0.6) is 0 Å². The summed E-state index contributed by atoms with van der Waals surface area (Å²) < 4.78 is 10.9. The van der Waals surface area contributed by atoms with Crippen molar-refractivity contribution in [1.82, 2.24) is 15.3 Å². The monoisotopic (exact) mass is 421 g/mol. The highest BCUT2D eigenvalue weighted by Gasteiger charge is 2.37. The number of nitrogens with one attached hydrogen (secondary N) is 2. The molecule has 0 saturated carbocycles. The van der Waals surface area contributed by atoms with Gasteiger partial charge in [0.05, 0.1) is 6.10 Å². The summed E-state index contributed by atoms with van der Waals surface area (Å²) in [7, 11) is 0. The number of likely N-dealkylation sites (tertiary alicyclic amines) is 1. The van der Waals surface area contributed by atoms with Gasteiger partial charge in [-0.1, -0.05) is 6.92 Å². The van der Waals surface area contributed by atoms with Gasteiger partial charge >= 0.3 is 12.1 Å². The maximum Gasteiger partial charge on any atom is 0.410 e. The van der Waals surface area contributed by atoms with Gasteiger partial charge in [0.15, 0.2) is 5.84 Å². The van der Waals surface area contributed by atoms with Gasteiger partial charge < -0.3 is 19.8 Å². The van der Waals surface area contributed by atoms with Crippen LogP contribution in [0.25, 0.3) is 0 Å². The van der Waals surface area contributed by atoms with Crippen LogP contribution >= 0.6 is 0 Å². The molecule has 9 heteroatoms. The molecule has 0 unspecified atom stereocenters. The van der Waals surface area contributed by atoms with Crippen LogP contribution in [0.4, 0.5) is 4.79 Å².